The van der Waals surface area contributed by atoms with Crippen LogP contribution < -0.4 is 5.32 Å². The van der Waals surface area contributed by atoms with Crippen LogP contribution in [0.5, 0.6) is 0 Å². The summed E-state index contributed by atoms with van der Waals surface area (Å²) in [5.74, 6) is 4.37. The van der Waals surface area contributed by atoms with Crippen LogP contribution in [0.1, 0.15) is 44.9 Å². The highest BCUT2D eigenvalue weighted by molar-refractivity contribution is 4.90. The minimum Gasteiger partial charge on any atom is -0.316 e. The second-order valence-corrected chi connectivity index (χ2v) is 5.87. The first-order chi connectivity index (χ1) is 6.92. The highest BCUT2D eigenvalue weighted by Crippen LogP contribution is 2.47. The maximum absolute atomic E-state index is 3.68. The monoisotopic (exact) mass is 193 g/mol. The van der Waals surface area contributed by atoms with Gasteiger partial charge in [-0.15, -0.1) is 0 Å². The van der Waals surface area contributed by atoms with Crippen LogP contribution in [0.25, 0.3) is 0 Å². The van der Waals surface area contributed by atoms with Crippen LogP contribution in [-0.4, -0.2) is 13.1 Å². The molecule has 0 heterocycles. The molecule has 14 heavy (non-hydrogen) atoms. The molecule has 0 amide bonds. The molecule has 2 bridgehead atoms. The quantitative estimate of drug-likeness (QED) is 0.662. The Morgan fingerprint density at radius 1 is 1.00 bits per heavy atom. The van der Waals surface area contributed by atoms with Crippen molar-refractivity contribution < 1.29 is 0 Å². The number of rotatable bonds is 5. The lowest BCUT2D eigenvalue weighted by Gasteiger charge is -2.21. The Morgan fingerprint density at radius 2 is 1.93 bits per heavy atom. The van der Waals surface area contributed by atoms with E-state index in [-0.39, 0.29) is 0 Å². The van der Waals surface area contributed by atoms with Gasteiger partial charge in [-0.05, 0) is 62.4 Å². The molecule has 3 fully saturated rings. The molecule has 0 spiro atoms. The summed E-state index contributed by atoms with van der Waals surface area (Å²) in [6, 6.07) is 0. The molecule has 0 saturated heterocycles. The van der Waals surface area contributed by atoms with Gasteiger partial charge in [0.25, 0.3) is 0 Å². The topological polar surface area (TPSA) is 12.0 Å². The van der Waals surface area contributed by atoms with E-state index in [2.05, 4.69) is 5.32 Å². The maximum Gasteiger partial charge on any atom is -0.00178 e. The summed E-state index contributed by atoms with van der Waals surface area (Å²) in [7, 11) is 0. The zero-order valence-corrected chi connectivity index (χ0v) is 9.17. The van der Waals surface area contributed by atoms with E-state index in [0.717, 1.165) is 23.7 Å². The van der Waals surface area contributed by atoms with E-state index in [1.165, 1.54) is 32.4 Å². The van der Waals surface area contributed by atoms with Crippen LogP contribution in [0.15, 0.2) is 0 Å². The van der Waals surface area contributed by atoms with E-state index >= 15 is 0 Å². The lowest BCUT2D eigenvalue weighted by atomic mass is 9.89. The SMILES string of the molecule is C(CC1CC1)NCC1CC2CCC1C2. The Hall–Kier alpha value is -0.0400. The molecule has 0 radical (unpaired) electrons. The predicted octanol–water partition coefficient (Wildman–Crippen LogP) is 2.81. The fourth-order valence-electron chi connectivity index (χ4n) is 3.63. The number of fused-ring (bicyclic) bond motifs is 2. The second kappa shape index (κ2) is 3.84. The van der Waals surface area contributed by atoms with E-state index in [9.17, 15) is 0 Å². The lowest BCUT2D eigenvalue weighted by molar-refractivity contribution is 0.318. The smallest absolute Gasteiger partial charge is 0.00178 e. The Balaban J connectivity index is 1.32. The van der Waals surface area contributed by atoms with Crippen molar-refractivity contribution in [2.24, 2.45) is 23.7 Å². The molecule has 80 valence electrons. The van der Waals surface area contributed by atoms with Gasteiger partial charge in [0.05, 0.1) is 0 Å². The molecule has 3 unspecified atom stereocenters. The van der Waals surface area contributed by atoms with Gasteiger partial charge in [-0.25, -0.2) is 0 Å². The molecule has 1 N–H and O–H groups in total. The maximum atomic E-state index is 3.68. The summed E-state index contributed by atoms with van der Waals surface area (Å²) in [5, 5.41) is 3.68. The van der Waals surface area contributed by atoms with Gasteiger partial charge in [0.15, 0.2) is 0 Å². The van der Waals surface area contributed by atoms with Crippen LogP contribution in [0.3, 0.4) is 0 Å². The average molecular weight is 193 g/mol. The van der Waals surface area contributed by atoms with Crippen molar-refractivity contribution in [1.82, 2.24) is 5.32 Å². The van der Waals surface area contributed by atoms with E-state index in [4.69, 9.17) is 0 Å². The molecule has 3 aliphatic rings. The third-order valence-electron chi connectivity index (χ3n) is 4.72. The number of hydrogen-bond donors (Lipinski definition) is 1. The summed E-state index contributed by atoms with van der Waals surface area (Å²) in [4.78, 5) is 0. The van der Waals surface area contributed by atoms with Gasteiger partial charge in [-0.3, -0.25) is 0 Å². The second-order valence-electron chi connectivity index (χ2n) is 5.87. The summed E-state index contributed by atoms with van der Waals surface area (Å²) in [6.07, 6.45) is 10.7. The van der Waals surface area contributed by atoms with Gasteiger partial charge in [0, 0.05) is 0 Å². The van der Waals surface area contributed by atoms with Crippen molar-refractivity contribution in [3.8, 4) is 0 Å². The fraction of sp³-hybridized carbons (Fsp3) is 1.00. The van der Waals surface area contributed by atoms with Gasteiger partial charge in [0.2, 0.25) is 0 Å². The Labute approximate surface area is 87.7 Å². The third-order valence-corrected chi connectivity index (χ3v) is 4.72. The zero-order valence-electron chi connectivity index (χ0n) is 9.17. The molecule has 0 aliphatic heterocycles. The predicted molar refractivity (Wildman–Crippen MR) is 59.1 cm³/mol. The lowest BCUT2D eigenvalue weighted by Crippen LogP contribution is -2.27. The Morgan fingerprint density at radius 3 is 2.57 bits per heavy atom. The molecule has 0 aromatic rings. The molecule has 0 aromatic carbocycles. The largest absolute Gasteiger partial charge is 0.316 e. The van der Waals surface area contributed by atoms with Crippen molar-refractivity contribution in [2.75, 3.05) is 13.1 Å². The van der Waals surface area contributed by atoms with Gasteiger partial charge in [-0.1, -0.05) is 19.3 Å². The molecule has 3 aliphatic carbocycles. The third kappa shape index (κ3) is 1.98. The van der Waals surface area contributed by atoms with Gasteiger partial charge >= 0.3 is 0 Å². The minimum atomic E-state index is 1.05. The van der Waals surface area contributed by atoms with Gasteiger partial charge < -0.3 is 5.32 Å². The van der Waals surface area contributed by atoms with Crippen molar-refractivity contribution in [3.63, 3.8) is 0 Å². The summed E-state index contributed by atoms with van der Waals surface area (Å²) in [5.41, 5.74) is 0. The van der Waals surface area contributed by atoms with Gasteiger partial charge in [0.1, 0.15) is 0 Å². The zero-order chi connectivity index (χ0) is 9.38. The molecule has 1 nitrogen and oxygen atoms in total. The van der Waals surface area contributed by atoms with Crippen molar-refractivity contribution >= 4 is 0 Å². The van der Waals surface area contributed by atoms with Crippen molar-refractivity contribution in [1.29, 1.82) is 0 Å². The van der Waals surface area contributed by atoms with Crippen molar-refractivity contribution in [3.05, 3.63) is 0 Å². The first-order valence-electron chi connectivity index (χ1n) is 6.62. The molecule has 3 saturated carbocycles. The first kappa shape index (κ1) is 9.21. The molecule has 1 heteroatoms. The van der Waals surface area contributed by atoms with Gasteiger partial charge in [-0.2, -0.15) is 0 Å². The molecule has 0 aromatic heterocycles. The summed E-state index contributed by atoms with van der Waals surface area (Å²) >= 11 is 0. The highest BCUT2D eigenvalue weighted by Gasteiger charge is 2.38. The average Bonchev–Trinajstić information content (AvgIpc) is 2.79. The molecule has 3 atom stereocenters. The highest BCUT2D eigenvalue weighted by atomic mass is 14.9. The van der Waals surface area contributed by atoms with E-state index in [1.54, 1.807) is 25.7 Å². The summed E-state index contributed by atoms with van der Waals surface area (Å²) in [6.45, 7) is 2.62. The number of hydrogen-bond acceptors (Lipinski definition) is 1. The fourth-order valence-corrected chi connectivity index (χ4v) is 3.63. The Bertz CT molecular complexity index is 197. The van der Waals surface area contributed by atoms with Crippen molar-refractivity contribution in [2.45, 2.75) is 44.9 Å². The number of nitrogens with one attached hydrogen (secondary N) is 1. The standard InChI is InChI=1S/C13H23N/c1-2-10(1)5-6-14-9-13-8-11-3-4-12(13)7-11/h10-14H,1-9H2. The van der Waals surface area contributed by atoms with Crippen LogP contribution in [0.4, 0.5) is 0 Å². The Kier molecular flexibility index (Phi) is 2.53. The van der Waals surface area contributed by atoms with Crippen LogP contribution in [0.2, 0.25) is 0 Å². The molecular weight excluding hydrogens is 170 g/mol. The minimum absolute atomic E-state index is 1.05. The first-order valence-corrected chi connectivity index (χ1v) is 6.62. The van der Waals surface area contributed by atoms with E-state index < -0.39 is 0 Å². The van der Waals surface area contributed by atoms with E-state index in [1.807, 2.05) is 0 Å². The molecule has 3 rings (SSSR count). The van der Waals surface area contributed by atoms with Crippen LogP contribution in [0, 0.1) is 23.7 Å². The van der Waals surface area contributed by atoms with Crippen LogP contribution in [-0.2, 0) is 0 Å². The normalized spacial score (nSPS) is 40.7. The summed E-state index contributed by atoms with van der Waals surface area (Å²) < 4.78 is 0. The van der Waals surface area contributed by atoms with E-state index in [0.29, 0.717) is 0 Å². The molecular formula is C13H23N. The van der Waals surface area contributed by atoms with Crippen LogP contribution >= 0.6 is 0 Å².